The van der Waals surface area contributed by atoms with Crippen molar-refractivity contribution in [3.63, 3.8) is 0 Å². The number of hydrogen-bond acceptors (Lipinski definition) is 2. The Morgan fingerprint density at radius 2 is 2.24 bits per heavy atom. The molecular formula is C14H19NOS. The molecular weight excluding hydrogens is 230 g/mol. The predicted molar refractivity (Wildman–Crippen MR) is 72.9 cm³/mol. The highest BCUT2D eigenvalue weighted by molar-refractivity contribution is 7.10. The first-order valence-corrected chi connectivity index (χ1v) is 6.95. The zero-order chi connectivity index (χ0) is 12.5. The monoisotopic (exact) mass is 249 g/mol. The molecule has 92 valence electrons. The van der Waals surface area contributed by atoms with E-state index in [1.54, 1.807) is 11.3 Å². The summed E-state index contributed by atoms with van der Waals surface area (Å²) in [5.41, 5.74) is 6.35. The van der Waals surface area contributed by atoms with Crippen molar-refractivity contribution in [1.29, 1.82) is 0 Å². The van der Waals surface area contributed by atoms with Gasteiger partial charge in [-0.25, -0.2) is 0 Å². The van der Waals surface area contributed by atoms with Gasteiger partial charge in [-0.2, -0.15) is 0 Å². The van der Waals surface area contributed by atoms with E-state index < -0.39 is 0 Å². The molecule has 0 aliphatic rings. The summed E-state index contributed by atoms with van der Waals surface area (Å²) < 4.78 is 0. The number of unbranched alkanes of at least 4 members (excludes halogenated alkanes) is 3. The van der Waals surface area contributed by atoms with E-state index in [9.17, 15) is 4.79 Å². The lowest BCUT2D eigenvalue weighted by atomic mass is 10.1. The molecule has 0 aromatic carbocycles. The smallest absolute Gasteiger partial charge is 0.229 e. The topological polar surface area (TPSA) is 43.1 Å². The molecule has 0 bridgehead atoms. The number of hydrogen-bond donors (Lipinski definition) is 1. The van der Waals surface area contributed by atoms with Gasteiger partial charge in [-0.3, -0.25) is 4.79 Å². The maximum atomic E-state index is 10.6. The zero-order valence-electron chi connectivity index (χ0n) is 10.3. The Balaban J connectivity index is 2.47. The van der Waals surface area contributed by atoms with Crippen molar-refractivity contribution in [2.24, 2.45) is 5.73 Å². The van der Waals surface area contributed by atoms with Crippen molar-refractivity contribution in [3.05, 3.63) is 21.9 Å². The average molecular weight is 249 g/mol. The maximum absolute atomic E-state index is 10.6. The Labute approximate surface area is 107 Å². The van der Waals surface area contributed by atoms with Gasteiger partial charge in [-0.05, 0) is 29.9 Å². The molecule has 2 nitrogen and oxygen atoms in total. The fourth-order valence-corrected chi connectivity index (χ4v) is 2.42. The summed E-state index contributed by atoms with van der Waals surface area (Å²) in [6.45, 7) is 2.21. The van der Waals surface area contributed by atoms with Crippen molar-refractivity contribution in [2.45, 2.75) is 45.4 Å². The number of primary amides is 1. The third-order valence-electron chi connectivity index (χ3n) is 2.51. The van der Waals surface area contributed by atoms with E-state index in [2.05, 4.69) is 30.2 Å². The van der Waals surface area contributed by atoms with Crippen molar-refractivity contribution >= 4 is 17.2 Å². The highest BCUT2D eigenvalue weighted by atomic mass is 32.1. The summed E-state index contributed by atoms with van der Waals surface area (Å²) in [4.78, 5) is 11.7. The molecule has 1 amide bonds. The number of carbonyl (C=O) groups excluding carboxylic acids is 1. The molecule has 3 heteroatoms. The van der Waals surface area contributed by atoms with E-state index in [1.165, 1.54) is 31.2 Å². The van der Waals surface area contributed by atoms with Gasteiger partial charge in [0, 0.05) is 0 Å². The number of rotatable bonds is 6. The standard InChI is InChI=1S/C14H19NOS/c1-2-3-4-5-7-12-10-11-17-13(12)8-6-9-14(15)16/h10-11H,2-5,7,9H2,1H3,(H2,15,16). The quantitative estimate of drug-likeness (QED) is 0.611. The minimum Gasteiger partial charge on any atom is -0.369 e. The van der Waals surface area contributed by atoms with E-state index in [0.29, 0.717) is 0 Å². The average Bonchev–Trinajstić information content (AvgIpc) is 2.72. The highest BCUT2D eigenvalue weighted by Crippen LogP contribution is 2.18. The Hall–Kier alpha value is -1.27. The third-order valence-corrected chi connectivity index (χ3v) is 3.38. The van der Waals surface area contributed by atoms with Crippen LogP contribution >= 0.6 is 11.3 Å². The molecule has 1 rings (SSSR count). The molecule has 1 heterocycles. The van der Waals surface area contributed by atoms with Crippen molar-refractivity contribution in [2.75, 3.05) is 0 Å². The first kappa shape index (κ1) is 13.8. The van der Waals surface area contributed by atoms with E-state index >= 15 is 0 Å². The van der Waals surface area contributed by atoms with Crippen LogP contribution in [-0.4, -0.2) is 5.91 Å². The molecule has 1 aromatic rings. The van der Waals surface area contributed by atoms with Crippen LogP contribution in [0.3, 0.4) is 0 Å². The van der Waals surface area contributed by atoms with Crippen LogP contribution < -0.4 is 5.73 Å². The number of amides is 1. The molecule has 0 fully saturated rings. The molecule has 2 N–H and O–H groups in total. The Morgan fingerprint density at radius 1 is 1.41 bits per heavy atom. The van der Waals surface area contributed by atoms with Gasteiger partial charge in [-0.15, -0.1) is 11.3 Å². The van der Waals surface area contributed by atoms with Crippen molar-refractivity contribution < 1.29 is 4.79 Å². The lowest BCUT2D eigenvalue weighted by Crippen LogP contribution is -2.08. The molecule has 0 spiro atoms. The van der Waals surface area contributed by atoms with Gasteiger partial charge < -0.3 is 5.73 Å². The van der Waals surface area contributed by atoms with Crippen LogP contribution in [0, 0.1) is 11.8 Å². The number of carbonyl (C=O) groups is 1. The molecule has 17 heavy (non-hydrogen) atoms. The van der Waals surface area contributed by atoms with Crippen LogP contribution in [0.1, 0.15) is 49.5 Å². The number of nitrogens with two attached hydrogens (primary N) is 1. The molecule has 0 aliphatic heterocycles. The van der Waals surface area contributed by atoms with E-state index in [1.807, 2.05) is 0 Å². The van der Waals surface area contributed by atoms with Crippen molar-refractivity contribution in [1.82, 2.24) is 0 Å². The molecule has 0 aliphatic carbocycles. The molecule has 0 atom stereocenters. The summed E-state index contributed by atoms with van der Waals surface area (Å²) in [5.74, 6) is 5.49. The molecule has 1 aromatic heterocycles. The first-order valence-electron chi connectivity index (χ1n) is 6.07. The molecule has 0 unspecified atom stereocenters. The van der Waals surface area contributed by atoms with Crippen LogP contribution in [0.5, 0.6) is 0 Å². The summed E-state index contributed by atoms with van der Waals surface area (Å²) in [6.07, 6.45) is 6.29. The van der Waals surface area contributed by atoms with Crippen LogP contribution in [0.15, 0.2) is 11.4 Å². The van der Waals surface area contributed by atoms with E-state index in [4.69, 9.17) is 5.73 Å². The SMILES string of the molecule is CCCCCCc1ccsc1C#CCC(N)=O. The summed E-state index contributed by atoms with van der Waals surface area (Å²) in [5, 5.41) is 2.06. The Kier molecular flexibility index (Phi) is 6.42. The largest absolute Gasteiger partial charge is 0.369 e. The summed E-state index contributed by atoms with van der Waals surface area (Å²) >= 11 is 1.64. The predicted octanol–water partition coefficient (Wildman–Crippen LogP) is 3.10. The maximum Gasteiger partial charge on any atom is 0.229 e. The van der Waals surface area contributed by atoms with Crippen LogP contribution in [0.25, 0.3) is 0 Å². The summed E-state index contributed by atoms with van der Waals surface area (Å²) in [6, 6.07) is 2.13. The van der Waals surface area contributed by atoms with Gasteiger partial charge in [0.2, 0.25) is 5.91 Å². The second-order valence-electron chi connectivity index (χ2n) is 4.03. The van der Waals surface area contributed by atoms with Crippen LogP contribution in [-0.2, 0) is 11.2 Å². The number of thiophene rings is 1. The lowest BCUT2D eigenvalue weighted by molar-refractivity contribution is -0.117. The van der Waals surface area contributed by atoms with Crippen molar-refractivity contribution in [3.8, 4) is 11.8 Å². The second-order valence-corrected chi connectivity index (χ2v) is 4.95. The van der Waals surface area contributed by atoms with Gasteiger partial charge in [0.25, 0.3) is 0 Å². The second kappa shape index (κ2) is 7.92. The minimum absolute atomic E-state index is 0.146. The van der Waals surface area contributed by atoms with Crippen LogP contribution in [0.2, 0.25) is 0 Å². The summed E-state index contributed by atoms with van der Waals surface area (Å²) in [7, 11) is 0. The normalized spacial score (nSPS) is 9.71. The van der Waals surface area contributed by atoms with E-state index in [-0.39, 0.29) is 12.3 Å². The zero-order valence-corrected chi connectivity index (χ0v) is 11.1. The van der Waals surface area contributed by atoms with Crippen LogP contribution in [0.4, 0.5) is 0 Å². The molecule has 0 saturated heterocycles. The van der Waals surface area contributed by atoms with E-state index in [0.717, 1.165) is 11.3 Å². The fourth-order valence-electron chi connectivity index (χ4n) is 1.60. The minimum atomic E-state index is -0.362. The van der Waals surface area contributed by atoms with Gasteiger partial charge in [0.15, 0.2) is 0 Å². The highest BCUT2D eigenvalue weighted by Gasteiger charge is 2.01. The van der Waals surface area contributed by atoms with Gasteiger partial charge in [0.05, 0.1) is 11.3 Å². The lowest BCUT2D eigenvalue weighted by Gasteiger charge is -1.98. The third kappa shape index (κ3) is 5.55. The fraction of sp³-hybridized carbons (Fsp3) is 0.500. The van der Waals surface area contributed by atoms with Gasteiger partial charge >= 0.3 is 0 Å². The van der Waals surface area contributed by atoms with Gasteiger partial charge in [-0.1, -0.05) is 38.0 Å². The van der Waals surface area contributed by atoms with Gasteiger partial charge in [0.1, 0.15) is 0 Å². The first-order chi connectivity index (χ1) is 8.24. The Bertz CT molecular complexity index is 411. The Morgan fingerprint density at radius 3 is 2.94 bits per heavy atom. The molecule has 0 radical (unpaired) electrons. The molecule has 0 saturated carbocycles. The number of aryl methyl sites for hydroxylation is 1.